The Labute approximate surface area is 223 Å². The zero-order valence-corrected chi connectivity index (χ0v) is 23.0. The van der Waals surface area contributed by atoms with Crippen LogP contribution in [0.2, 0.25) is 0 Å². The van der Waals surface area contributed by atoms with Gasteiger partial charge in [0.05, 0.1) is 35.8 Å². The Bertz CT molecular complexity index is 1490. The maximum absolute atomic E-state index is 15.0. The summed E-state index contributed by atoms with van der Waals surface area (Å²) in [7, 11) is -1.86. The summed E-state index contributed by atoms with van der Waals surface area (Å²) in [6.07, 6.45) is 2.59. The fourth-order valence-electron chi connectivity index (χ4n) is 4.56. The molecule has 1 aliphatic rings. The van der Waals surface area contributed by atoms with Crippen LogP contribution in [0, 0.1) is 11.8 Å². The molecule has 2 aromatic heterocycles. The van der Waals surface area contributed by atoms with Crippen LogP contribution in [0.5, 0.6) is 5.75 Å². The number of rotatable bonds is 8. The number of ether oxygens (including phenoxy) is 1. The molecule has 3 heterocycles. The molecule has 0 bridgehead atoms. The lowest BCUT2D eigenvalue weighted by atomic mass is 10.0. The SMILES string of the molecule is C=Cc1c(C#CCNc2ccc(S(C)(=O)=O)cc2OC)nn2c(N[C@@H]3CCN(C(C)C)C[C@@H]3F)cccc12. The number of aromatic nitrogens is 2. The van der Waals surface area contributed by atoms with E-state index in [1.54, 1.807) is 16.7 Å². The number of sulfone groups is 1. The third kappa shape index (κ3) is 5.95. The van der Waals surface area contributed by atoms with Gasteiger partial charge >= 0.3 is 0 Å². The molecular weight excluding hydrogens is 505 g/mol. The molecular formula is C28H34FN5O3S. The Kier molecular flexibility index (Phi) is 8.29. The van der Waals surface area contributed by atoms with Crippen molar-refractivity contribution in [3.8, 4) is 17.6 Å². The fourth-order valence-corrected chi connectivity index (χ4v) is 5.19. The van der Waals surface area contributed by atoms with E-state index in [9.17, 15) is 12.8 Å². The summed E-state index contributed by atoms with van der Waals surface area (Å²) < 4.78 is 45.7. The van der Waals surface area contributed by atoms with Crippen LogP contribution < -0.4 is 15.4 Å². The average Bonchev–Trinajstić information content (AvgIpc) is 3.25. The molecule has 202 valence electrons. The van der Waals surface area contributed by atoms with E-state index in [4.69, 9.17) is 9.84 Å². The van der Waals surface area contributed by atoms with E-state index in [-0.39, 0.29) is 17.5 Å². The van der Waals surface area contributed by atoms with Gasteiger partial charge in [0.15, 0.2) is 9.84 Å². The molecule has 4 rings (SSSR count). The first-order valence-corrected chi connectivity index (χ1v) is 14.4. The van der Waals surface area contributed by atoms with Gasteiger partial charge in [0.2, 0.25) is 0 Å². The van der Waals surface area contributed by atoms with Crippen LogP contribution in [0.15, 0.2) is 47.9 Å². The number of benzene rings is 1. The number of halogens is 1. The molecule has 3 aromatic rings. The van der Waals surface area contributed by atoms with Crippen LogP contribution in [-0.4, -0.2) is 74.2 Å². The van der Waals surface area contributed by atoms with Gasteiger partial charge in [-0.25, -0.2) is 17.3 Å². The maximum atomic E-state index is 15.0. The molecule has 0 radical (unpaired) electrons. The highest BCUT2D eigenvalue weighted by molar-refractivity contribution is 7.90. The number of fused-ring (bicyclic) bond motifs is 1. The Morgan fingerprint density at radius 1 is 1.32 bits per heavy atom. The lowest BCUT2D eigenvalue weighted by Crippen LogP contribution is -2.50. The first-order valence-electron chi connectivity index (χ1n) is 12.5. The van der Waals surface area contributed by atoms with Crippen molar-refractivity contribution in [2.45, 2.75) is 43.4 Å². The van der Waals surface area contributed by atoms with E-state index in [0.717, 1.165) is 23.9 Å². The Hall–Kier alpha value is -3.55. The minimum Gasteiger partial charge on any atom is -0.495 e. The second-order valence-electron chi connectivity index (χ2n) is 9.61. The van der Waals surface area contributed by atoms with Crippen LogP contribution in [0.1, 0.15) is 31.5 Å². The van der Waals surface area contributed by atoms with Gasteiger partial charge in [0, 0.05) is 37.0 Å². The van der Waals surface area contributed by atoms with Crippen molar-refractivity contribution in [1.82, 2.24) is 14.5 Å². The molecule has 0 aliphatic carbocycles. The highest BCUT2D eigenvalue weighted by Crippen LogP contribution is 2.28. The molecule has 8 nitrogen and oxygen atoms in total. The lowest BCUT2D eigenvalue weighted by molar-refractivity contribution is 0.102. The first kappa shape index (κ1) is 27.5. The Balaban J connectivity index is 1.52. The van der Waals surface area contributed by atoms with Crippen LogP contribution in [0.4, 0.5) is 15.9 Å². The molecule has 2 atom stereocenters. The van der Waals surface area contributed by atoms with Crippen LogP contribution >= 0.6 is 0 Å². The fraction of sp³-hybridized carbons (Fsp3) is 0.393. The quantitative estimate of drug-likeness (QED) is 0.417. The smallest absolute Gasteiger partial charge is 0.175 e. The normalized spacial score (nSPS) is 18.2. The number of nitrogens with zero attached hydrogens (tertiary/aromatic N) is 3. The number of alkyl halides is 1. The van der Waals surface area contributed by atoms with E-state index in [2.05, 4.69) is 47.8 Å². The number of likely N-dealkylation sites (tertiary alicyclic amines) is 1. The van der Waals surface area contributed by atoms with Gasteiger partial charge in [-0.15, -0.1) is 0 Å². The number of hydrogen-bond acceptors (Lipinski definition) is 7. The summed E-state index contributed by atoms with van der Waals surface area (Å²) in [4.78, 5) is 2.34. The molecule has 0 saturated carbocycles. The molecule has 38 heavy (non-hydrogen) atoms. The number of nitrogens with one attached hydrogen (secondary N) is 2. The minimum atomic E-state index is -3.34. The third-order valence-electron chi connectivity index (χ3n) is 6.71. The van der Waals surface area contributed by atoms with Crippen molar-refractivity contribution in [2.24, 2.45) is 0 Å². The molecule has 0 unspecified atom stereocenters. The van der Waals surface area contributed by atoms with Crippen LogP contribution in [0.3, 0.4) is 0 Å². The molecule has 1 aromatic carbocycles. The highest BCUT2D eigenvalue weighted by Gasteiger charge is 2.30. The van der Waals surface area contributed by atoms with Gasteiger partial charge in [-0.05, 0) is 50.5 Å². The van der Waals surface area contributed by atoms with Gasteiger partial charge in [0.25, 0.3) is 0 Å². The van der Waals surface area contributed by atoms with Crippen molar-refractivity contribution in [3.63, 3.8) is 0 Å². The zero-order chi connectivity index (χ0) is 27.4. The molecule has 2 N–H and O–H groups in total. The highest BCUT2D eigenvalue weighted by atomic mass is 32.2. The summed E-state index contributed by atoms with van der Waals surface area (Å²) in [5.41, 5.74) is 2.81. The van der Waals surface area contributed by atoms with Crippen molar-refractivity contribution in [1.29, 1.82) is 0 Å². The van der Waals surface area contributed by atoms with E-state index in [0.29, 0.717) is 42.0 Å². The second kappa shape index (κ2) is 11.5. The largest absolute Gasteiger partial charge is 0.495 e. The van der Waals surface area contributed by atoms with E-state index in [1.165, 1.54) is 19.2 Å². The standard InChI is InChI=1S/C28H34FN5O3S/c1-6-21-23(9-8-15-30-25-13-12-20(38(5,35)36)17-27(25)37-4)32-34-26(21)10-7-11-28(34)31-24-14-16-33(19(2)3)18-22(24)29/h6-7,10-13,17,19,22,24,30-31H,1,14-16,18H2,2-5H3/t22-,24+/m0/s1. The molecule has 10 heteroatoms. The lowest BCUT2D eigenvalue weighted by Gasteiger charge is -2.37. The molecule has 0 spiro atoms. The van der Waals surface area contributed by atoms with Crippen LogP contribution in [-0.2, 0) is 9.84 Å². The van der Waals surface area contributed by atoms with Crippen molar-refractivity contribution >= 4 is 32.9 Å². The van der Waals surface area contributed by atoms with E-state index >= 15 is 0 Å². The predicted octanol–water partition coefficient (Wildman–Crippen LogP) is 4.09. The number of pyridine rings is 1. The van der Waals surface area contributed by atoms with Crippen molar-refractivity contribution in [2.75, 3.05) is 43.6 Å². The number of hydrogen-bond donors (Lipinski definition) is 2. The van der Waals surface area contributed by atoms with Gasteiger partial charge in [-0.1, -0.05) is 24.6 Å². The Morgan fingerprint density at radius 2 is 2.11 bits per heavy atom. The summed E-state index contributed by atoms with van der Waals surface area (Å²) in [5.74, 6) is 7.27. The average molecular weight is 540 g/mol. The zero-order valence-electron chi connectivity index (χ0n) is 22.2. The van der Waals surface area contributed by atoms with E-state index < -0.39 is 16.0 Å². The summed E-state index contributed by atoms with van der Waals surface area (Å²) >= 11 is 0. The monoisotopic (exact) mass is 539 g/mol. The number of anilines is 2. The molecule has 1 saturated heterocycles. The van der Waals surface area contributed by atoms with Crippen molar-refractivity contribution < 1.29 is 17.5 Å². The predicted molar refractivity (Wildman–Crippen MR) is 150 cm³/mol. The van der Waals surface area contributed by atoms with Crippen molar-refractivity contribution in [3.05, 3.63) is 54.2 Å². The number of piperidine rings is 1. The molecule has 1 fully saturated rings. The van der Waals surface area contributed by atoms with Gasteiger partial charge in [-0.2, -0.15) is 5.10 Å². The second-order valence-corrected chi connectivity index (χ2v) is 11.6. The van der Waals surface area contributed by atoms with Gasteiger partial charge in [0.1, 0.15) is 23.4 Å². The molecule has 0 amide bonds. The molecule has 1 aliphatic heterocycles. The summed E-state index contributed by atoms with van der Waals surface area (Å²) in [5, 5.41) is 11.2. The Morgan fingerprint density at radius 3 is 2.76 bits per heavy atom. The topological polar surface area (TPSA) is 88.0 Å². The van der Waals surface area contributed by atoms with Gasteiger partial charge in [-0.3, -0.25) is 4.90 Å². The first-order chi connectivity index (χ1) is 18.1. The van der Waals surface area contributed by atoms with Gasteiger partial charge < -0.3 is 15.4 Å². The number of methoxy groups -OCH3 is 1. The van der Waals surface area contributed by atoms with E-state index in [1.807, 2.05) is 18.2 Å². The maximum Gasteiger partial charge on any atom is 0.175 e. The third-order valence-corrected chi connectivity index (χ3v) is 7.82. The summed E-state index contributed by atoms with van der Waals surface area (Å²) in [6, 6.07) is 10.4. The van der Waals surface area contributed by atoms with Crippen LogP contribution in [0.25, 0.3) is 11.6 Å². The minimum absolute atomic E-state index is 0.181. The summed E-state index contributed by atoms with van der Waals surface area (Å²) in [6.45, 7) is 9.64.